The molecule has 28 heavy (non-hydrogen) atoms. The minimum atomic E-state index is 0.0215. The fourth-order valence-electron chi connectivity index (χ4n) is 5.59. The summed E-state index contributed by atoms with van der Waals surface area (Å²) < 4.78 is 6.41. The van der Waals surface area contributed by atoms with Gasteiger partial charge in [0.05, 0.1) is 12.3 Å². The van der Waals surface area contributed by atoms with E-state index in [1.54, 1.807) is 18.6 Å². The number of carbonyl (C=O) groups is 1. The highest BCUT2D eigenvalue weighted by atomic mass is 16.5. The number of nitrogens with zero attached hydrogens (tertiary/aromatic N) is 4. The Balaban J connectivity index is 1.20. The molecule has 3 heterocycles. The molecule has 1 aromatic heterocycles. The lowest BCUT2D eigenvalue weighted by molar-refractivity contribution is -0.202. The van der Waals surface area contributed by atoms with Gasteiger partial charge in [-0.25, -0.2) is 4.98 Å². The summed E-state index contributed by atoms with van der Waals surface area (Å²) in [6.07, 6.45) is 16.7. The van der Waals surface area contributed by atoms with E-state index >= 15 is 0 Å². The zero-order valence-corrected chi connectivity index (χ0v) is 16.8. The molecule has 0 bridgehead atoms. The van der Waals surface area contributed by atoms with Crippen LogP contribution in [0.4, 0.5) is 0 Å². The van der Waals surface area contributed by atoms with Crippen molar-refractivity contribution in [1.82, 2.24) is 19.8 Å². The van der Waals surface area contributed by atoms with Crippen LogP contribution in [0.1, 0.15) is 68.3 Å². The lowest BCUT2D eigenvalue weighted by atomic mass is 9.69. The molecule has 2 aliphatic heterocycles. The Hall–Kier alpha value is -1.53. The highest BCUT2D eigenvalue weighted by Gasteiger charge is 2.56. The molecule has 4 aliphatic rings. The van der Waals surface area contributed by atoms with Crippen LogP contribution in [0.25, 0.3) is 0 Å². The molecular formula is C22H32N4O2. The number of hydrogen-bond donors (Lipinski definition) is 0. The molecule has 4 fully saturated rings. The summed E-state index contributed by atoms with van der Waals surface area (Å²) in [7, 11) is 0. The van der Waals surface area contributed by atoms with Crippen molar-refractivity contribution >= 4 is 5.91 Å². The second-order valence-electron chi connectivity index (χ2n) is 9.20. The van der Waals surface area contributed by atoms with Crippen molar-refractivity contribution in [2.24, 2.45) is 5.92 Å². The molecular weight excluding hydrogens is 352 g/mol. The summed E-state index contributed by atoms with van der Waals surface area (Å²) in [4.78, 5) is 25.6. The van der Waals surface area contributed by atoms with Gasteiger partial charge in [0.15, 0.2) is 0 Å². The molecule has 2 saturated carbocycles. The zero-order chi connectivity index (χ0) is 19.0. The maximum Gasteiger partial charge on any atom is 0.274 e. The Morgan fingerprint density at radius 1 is 1.11 bits per heavy atom. The Morgan fingerprint density at radius 3 is 2.57 bits per heavy atom. The van der Waals surface area contributed by atoms with Gasteiger partial charge in [0.2, 0.25) is 0 Å². The van der Waals surface area contributed by atoms with Crippen LogP contribution < -0.4 is 0 Å². The third kappa shape index (κ3) is 3.45. The molecule has 6 nitrogen and oxygen atoms in total. The predicted octanol–water partition coefficient (Wildman–Crippen LogP) is 2.89. The van der Waals surface area contributed by atoms with Crippen LogP contribution in [0, 0.1) is 5.92 Å². The van der Waals surface area contributed by atoms with E-state index in [-0.39, 0.29) is 11.4 Å². The molecule has 1 unspecified atom stereocenters. The SMILES string of the molecule is O=C(c1cnccn1)N1CCC(N2CC(OCC3CC3)C23CCCCC3)CC1. The average molecular weight is 385 g/mol. The summed E-state index contributed by atoms with van der Waals surface area (Å²) in [5.74, 6) is 0.859. The molecule has 0 aromatic carbocycles. The second kappa shape index (κ2) is 7.71. The Labute approximate surface area is 167 Å². The van der Waals surface area contributed by atoms with Crippen LogP contribution in [0.5, 0.6) is 0 Å². The van der Waals surface area contributed by atoms with Crippen LogP contribution in [-0.2, 0) is 4.74 Å². The molecule has 0 radical (unpaired) electrons. The lowest BCUT2D eigenvalue weighted by Gasteiger charge is -2.63. The van der Waals surface area contributed by atoms with Crippen molar-refractivity contribution in [3.8, 4) is 0 Å². The third-order valence-electron chi connectivity index (χ3n) is 7.46. The van der Waals surface area contributed by atoms with Crippen LogP contribution in [0.15, 0.2) is 18.6 Å². The third-order valence-corrected chi connectivity index (χ3v) is 7.46. The van der Waals surface area contributed by atoms with Crippen molar-refractivity contribution in [3.63, 3.8) is 0 Å². The van der Waals surface area contributed by atoms with Gasteiger partial charge in [-0.3, -0.25) is 14.7 Å². The minimum absolute atomic E-state index is 0.0215. The number of aromatic nitrogens is 2. The van der Waals surface area contributed by atoms with E-state index in [2.05, 4.69) is 14.9 Å². The van der Waals surface area contributed by atoms with E-state index in [1.807, 2.05) is 4.90 Å². The Kier molecular flexibility index (Phi) is 5.09. The first-order valence-corrected chi connectivity index (χ1v) is 11.2. The summed E-state index contributed by atoms with van der Waals surface area (Å²) in [6.45, 7) is 3.71. The van der Waals surface area contributed by atoms with Crippen LogP contribution >= 0.6 is 0 Å². The second-order valence-corrected chi connectivity index (χ2v) is 9.20. The van der Waals surface area contributed by atoms with E-state index in [9.17, 15) is 4.79 Å². The summed E-state index contributed by atoms with van der Waals surface area (Å²) in [5.41, 5.74) is 0.747. The number of hydrogen-bond acceptors (Lipinski definition) is 5. The lowest BCUT2D eigenvalue weighted by Crippen LogP contribution is -2.75. The fraction of sp³-hybridized carbons (Fsp3) is 0.773. The van der Waals surface area contributed by atoms with Crippen molar-refractivity contribution in [2.75, 3.05) is 26.2 Å². The molecule has 0 N–H and O–H groups in total. The molecule has 1 aromatic rings. The summed E-state index contributed by atoms with van der Waals surface area (Å²) in [5, 5.41) is 0. The predicted molar refractivity (Wildman–Crippen MR) is 106 cm³/mol. The first-order valence-electron chi connectivity index (χ1n) is 11.2. The molecule has 2 aliphatic carbocycles. The number of likely N-dealkylation sites (tertiary alicyclic amines) is 2. The monoisotopic (exact) mass is 384 g/mol. The summed E-state index contributed by atoms with van der Waals surface area (Å²) in [6, 6.07) is 0.588. The van der Waals surface area contributed by atoms with Crippen molar-refractivity contribution in [3.05, 3.63) is 24.3 Å². The molecule has 1 atom stereocenters. The number of ether oxygens (including phenoxy) is 1. The summed E-state index contributed by atoms with van der Waals surface area (Å²) >= 11 is 0. The van der Waals surface area contributed by atoms with Gasteiger partial charge in [-0.15, -0.1) is 0 Å². The van der Waals surface area contributed by atoms with E-state index in [1.165, 1.54) is 44.9 Å². The van der Waals surface area contributed by atoms with Gasteiger partial charge >= 0.3 is 0 Å². The minimum Gasteiger partial charge on any atom is -0.375 e. The number of piperidine rings is 1. The van der Waals surface area contributed by atoms with Crippen molar-refractivity contribution in [2.45, 2.75) is 75.5 Å². The standard InChI is InChI=1S/C22H32N4O2/c27-21(19-14-23-10-11-24-19)25-12-6-18(7-13-25)26-15-20(28-16-17-4-5-17)22(26)8-2-1-3-9-22/h10-11,14,17-18,20H,1-9,12-13,15-16H2. The van der Waals surface area contributed by atoms with Crippen LogP contribution in [0.2, 0.25) is 0 Å². The smallest absolute Gasteiger partial charge is 0.274 e. The molecule has 152 valence electrons. The van der Waals surface area contributed by atoms with Gasteiger partial charge in [0.25, 0.3) is 5.91 Å². The van der Waals surface area contributed by atoms with E-state index in [0.29, 0.717) is 17.8 Å². The zero-order valence-electron chi connectivity index (χ0n) is 16.8. The van der Waals surface area contributed by atoms with Crippen LogP contribution in [0.3, 0.4) is 0 Å². The maximum absolute atomic E-state index is 12.7. The highest BCUT2D eigenvalue weighted by molar-refractivity contribution is 5.92. The molecule has 1 amide bonds. The number of carbonyl (C=O) groups excluding carboxylic acids is 1. The normalized spacial score (nSPS) is 28.3. The largest absolute Gasteiger partial charge is 0.375 e. The van der Waals surface area contributed by atoms with Gasteiger partial charge in [-0.05, 0) is 44.4 Å². The number of rotatable bonds is 5. The van der Waals surface area contributed by atoms with E-state index in [0.717, 1.165) is 45.0 Å². The van der Waals surface area contributed by atoms with E-state index in [4.69, 9.17) is 4.74 Å². The highest BCUT2D eigenvalue weighted by Crippen LogP contribution is 2.48. The van der Waals surface area contributed by atoms with Crippen molar-refractivity contribution in [1.29, 1.82) is 0 Å². The molecule has 5 rings (SSSR count). The molecule has 1 spiro atoms. The van der Waals surface area contributed by atoms with Crippen LogP contribution in [-0.4, -0.2) is 69.6 Å². The Morgan fingerprint density at radius 2 is 1.89 bits per heavy atom. The molecule has 2 saturated heterocycles. The van der Waals surface area contributed by atoms with Gasteiger partial charge in [-0.1, -0.05) is 19.3 Å². The van der Waals surface area contributed by atoms with Crippen molar-refractivity contribution < 1.29 is 9.53 Å². The fourth-order valence-corrected chi connectivity index (χ4v) is 5.59. The maximum atomic E-state index is 12.7. The average Bonchev–Trinajstić information content (AvgIpc) is 3.58. The molecule has 6 heteroatoms. The first-order chi connectivity index (χ1) is 13.8. The number of amides is 1. The quantitative estimate of drug-likeness (QED) is 0.781. The van der Waals surface area contributed by atoms with Gasteiger partial charge in [0, 0.05) is 50.2 Å². The van der Waals surface area contributed by atoms with E-state index < -0.39 is 0 Å². The van der Waals surface area contributed by atoms with Gasteiger partial charge in [0.1, 0.15) is 5.69 Å². The Bertz CT molecular complexity index is 679. The van der Waals surface area contributed by atoms with Gasteiger partial charge in [-0.2, -0.15) is 0 Å². The first kappa shape index (κ1) is 18.5. The topological polar surface area (TPSA) is 58.6 Å². The van der Waals surface area contributed by atoms with Gasteiger partial charge < -0.3 is 9.64 Å².